The van der Waals surface area contributed by atoms with Gasteiger partial charge in [0.15, 0.2) is 5.17 Å². The fraction of sp³-hybridized carbons (Fsp3) is 0.333. The third-order valence-corrected chi connectivity index (χ3v) is 6.14. The van der Waals surface area contributed by atoms with Gasteiger partial charge in [-0.15, -0.1) is 0 Å². The Kier molecular flexibility index (Phi) is 7.02. The number of benzene rings is 2. The smallest absolute Gasteiger partial charge is 0.242 e. The molecule has 0 aromatic heterocycles. The molecule has 1 amide bonds. The first-order valence-electron chi connectivity index (χ1n) is 9.17. The van der Waals surface area contributed by atoms with Crippen molar-refractivity contribution in [2.24, 2.45) is 4.99 Å². The number of nitrogens with zero attached hydrogens (tertiary/aromatic N) is 2. The summed E-state index contributed by atoms with van der Waals surface area (Å²) in [6.07, 6.45) is 0.644. The standard InChI is InChI=1S/C21H23BrN2O3S/c1-4-24-20(25)19(13-14-6-11-18(26-3)17(22)12-14)28-21(24)23-15-7-9-16(10-8-15)27-5-2/h6-12,19H,4-5,13H2,1-3H3/t19-/m0/s1. The lowest BCUT2D eigenvalue weighted by atomic mass is 10.1. The van der Waals surface area contributed by atoms with Gasteiger partial charge in [0.1, 0.15) is 11.5 Å². The molecule has 0 aliphatic carbocycles. The van der Waals surface area contributed by atoms with Crippen molar-refractivity contribution < 1.29 is 14.3 Å². The first-order chi connectivity index (χ1) is 13.5. The fourth-order valence-electron chi connectivity index (χ4n) is 2.96. The highest BCUT2D eigenvalue weighted by Crippen LogP contribution is 2.33. The van der Waals surface area contributed by atoms with Gasteiger partial charge in [0.2, 0.25) is 5.91 Å². The van der Waals surface area contributed by atoms with Crippen molar-refractivity contribution in [2.75, 3.05) is 20.3 Å². The third kappa shape index (κ3) is 4.70. The van der Waals surface area contributed by atoms with Crippen molar-refractivity contribution >= 4 is 44.5 Å². The summed E-state index contributed by atoms with van der Waals surface area (Å²) in [7, 11) is 1.64. The quantitative estimate of drug-likeness (QED) is 0.577. The average Bonchev–Trinajstić information content (AvgIpc) is 2.98. The summed E-state index contributed by atoms with van der Waals surface area (Å²) in [6.45, 7) is 5.16. The predicted molar refractivity (Wildman–Crippen MR) is 118 cm³/mol. The number of halogens is 1. The van der Waals surface area contributed by atoms with Gasteiger partial charge in [-0.2, -0.15) is 0 Å². The molecule has 2 aromatic rings. The minimum atomic E-state index is -0.179. The van der Waals surface area contributed by atoms with E-state index in [0.717, 1.165) is 32.4 Å². The van der Waals surface area contributed by atoms with Gasteiger partial charge in [-0.05, 0) is 78.2 Å². The van der Waals surface area contributed by atoms with Gasteiger partial charge in [0, 0.05) is 6.54 Å². The van der Waals surface area contributed by atoms with Crippen molar-refractivity contribution in [3.63, 3.8) is 0 Å². The molecule has 28 heavy (non-hydrogen) atoms. The zero-order valence-corrected chi connectivity index (χ0v) is 18.5. The molecule has 1 heterocycles. The molecule has 0 bridgehead atoms. The van der Waals surface area contributed by atoms with E-state index >= 15 is 0 Å². The minimum absolute atomic E-state index is 0.101. The minimum Gasteiger partial charge on any atom is -0.496 e. The van der Waals surface area contributed by atoms with Crippen LogP contribution in [0.25, 0.3) is 0 Å². The molecule has 0 radical (unpaired) electrons. The molecule has 0 unspecified atom stereocenters. The number of carbonyl (C=O) groups excluding carboxylic acids is 1. The van der Waals surface area contributed by atoms with E-state index in [9.17, 15) is 4.79 Å². The highest BCUT2D eigenvalue weighted by Gasteiger charge is 2.37. The van der Waals surface area contributed by atoms with Crippen LogP contribution in [0.1, 0.15) is 19.4 Å². The fourth-order valence-corrected chi connectivity index (χ4v) is 4.81. The van der Waals surface area contributed by atoms with Crippen molar-refractivity contribution in [3.05, 3.63) is 52.5 Å². The number of aliphatic imine (C=N–C) groups is 1. The molecule has 1 saturated heterocycles. The molecule has 1 aliphatic heterocycles. The second kappa shape index (κ2) is 9.47. The maximum Gasteiger partial charge on any atom is 0.242 e. The van der Waals surface area contributed by atoms with Gasteiger partial charge in [0.05, 0.1) is 29.1 Å². The Labute approximate surface area is 178 Å². The van der Waals surface area contributed by atoms with Crippen LogP contribution in [-0.2, 0) is 11.2 Å². The summed E-state index contributed by atoms with van der Waals surface area (Å²) in [5.41, 5.74) is 1.89. The van der Waals surface area contributed by atoms with E-state index in [2.05, 4.69) is 15.9 Å². The van der Waals surface area contributed by atoms with Crippen LogP contribution in [0.4, 0.5) is 5.69 Å². The molecule has 1 atom stereocenters. The van der Waals surface area contributed by atoms with E-state index in [1.807, 2.05) is 56.3 Å². The second-order valence-electron chi connectivity index (χ2n) is 6.18. The van der Waals surface area contributed by atoms with Crippen LogP contribution in [-0.4, -0.2) is 41.5 Å². The lowest BCUT2D eigenvalue weighted by molar-refractivity contribution is -0.126. The second-order valence-corrected chi connectivity index (χ2v) is 8.21. The first-order valence-corrected chi connectivity index (χ1v) is 10.8. The van der Waals surface area contributed by atoms with Crippen molar-refractivity contribution in [3.8, 4) is 11.5 Å². The Morgan fingerprint density at radius 3 is 2.54 bits per heavy atom. The highest BCUT2D eigenvalue weighted by molar-refractivity contribution is 9.10. The normalized spacial score (nSPS) is 18.0. The average molecular weight is 463 g/mol. The molecule has 7 heteroatoms. The molecule has 2 aromatic carbocycles. The van der Waals surface area contributed by atoms with Crippen LogP contribution in [0.3, 0.4) is 0 Å². The van der Waals surface area contributed by atoms with Crippen LogP contribution in [0.5, 0.6) is 11.5 Å². The summed E-state index contributed by atoms with van der Waals surface area (Å²) in [5, 5.41) is 0.566. The monoisotopic (exact) mass is 462 g/mol. The Balaban J connectivity index is 1.77. The van der Waals surface area contributed by atoms with Gasteiger partial charge in [-0.1, -0.05) is 17.8 Å². The molecular formula is C21H23BrN2O3S. The Morgan fingerprint density at radius 1 is 1.18 bits per heavy atom. The number of amides is 1. The molecule has 0 spiro atoms. The van der Waals surface area contributed by atoms with Gasteiger partial charge < -0.3 is 9.47 Å². The number of amidine groups is 1. The summed E-state index contributed by atoms with van der Waals surface area (Å²) >= 11 is 5.03. The van der Waals surface area contributed by atoms with E-state index in [4.69, 9.17) is 14.5 Å². The Morgan fingerprint density at radius 2 is 1.93 bits per heavy atom. The van der Waals surface area contributed by atoms with E-state index in [-0.39, 0.29) is 11.2 Å². The van der Waals surface area contributed by atoms with Crippen LogP contribution >= 0.6 is 27.7 Å². The van der Waals surface area contributed by atoms with E-state index < -0.39 is 0 Å². The Hall–Kier alpha value is -1.99. The summed E-state index contributed by atoms with van der Waals surface area (Å²) in [4.78, 5) is 19.3. The van der Waals surface area contributed by atoms with Gasteiger partial charge in [-0.3, -0.25) is 9.69 Å². The maximum absolute atomic E-state index is 12.9. The summed E-state index contributed by atoms with van der Waals surface area (Å²) in [6, 6.07) is 13.5. The van der Waals surface area contributed by atoms with Crippen molar-refractivity contribution in [2.45, 2.75) is 25.5 Å². The van der Waals surface area contributed by atoms with Crippen molar-refractivity contribution in [1.82, 2.24) is 4.90 Å². The number of methoxy groups -OCH3 is 1. The Bertz CT molecular complexity index is 870. The molecule has 148 valence electrons. The summed E-state index contributed by atoms with van der Waals surface area (Å²) < 4.78 is 11.6. The maximum atomic E-state index is 12.9. The van der Waals surface area contributed by atoms with Crippen LogP contribution in [0.2, 0.25) is 0 Å². The molecule has 0 N–H and O–H groups in total. The van der Waals surface area contributed by atoms with Crippen molar-refractivity contribution in [1.29, 1.82) is 0 Å². The third-order valence-electron chi connectivity index (χ3n) is 4.35. The number of rotatable bonds is 7. The number of hydrogen-bond acceptors (Lipinski definition) is 5. The van der Waals surface area contributed by atoms with Crippen LogP contribution in [0.15, 0.2) is 51.9 Å². The topological polar surface area (TPSA) is 51.1 Å². The van der Waals surface area contributed by atoms with E-state index in [0.29, 0.717) is 19.6 Å². The molecule has 5 nitrogen and oxygen atoms in total. The summed E-state index contributed by atoms with van der Waals surface area (Å²) in [5.74, 6) is 1.70. The number of ether oxygens (including phenoxy) is 2. The molecule has 1 fully saturated rings. The zero-order chi connectivity index (χ0) is 20.1. The zero-order valence-electron chi connectivity index (χ0n) is 16.1. The van der Waals surface area contributed by atoms with Crippen LogP contribution in [0, 0.1) is 0 Å². The number of thioether (sulfide) groups is 1. The molecule has 3 rings (SSSR count). The van der Waals surface area contributed by atoms with E-state index in [1.165, 1.54) is 11.8 Å². The lowest BCUT2D eigenvalue weighted by Crippen LogP contribution is -2.32. The molecule has 0 saturated carbocycles. The first kappa shape index (κ1) is 20.7. The molecular weight excluding hydrogens is 440 g/mol. The van der Waals surface area contributed by atoms with Crippen LogP contribution < -0.4 is 9.47 Å². The predicted octanol–water partition coefficient (Wildman–Crippen LogP) is 5.05. The number of hydrogen-bond donors (Lipinski definition) is 0. The highest BCUT2D eigenvalue weighted by atomic mass is 79.9. The molecule has 1 aliphatic rings. The van der Waals surface area contributed by atoms with Gasteiger partial charge in [-0.25, -0.2) is 4.99 Å². The lowest BCUT2D eigenvalue weighted by Gasteiger charge is -2.13. The van der Waals surface area contributed by atoms with E-state index in [1.54, 1.807) is 12.0 Å². The van der Waals surface area contributed by atoms with Gasteiger partial charge >= 0.3 is 0 Å². The largest absolute Gasteiger partial charge is 0.496 e. The number of carbonyl (C=O) groups is 1. The van der Waals surface area contributed by atoms with Gasteiger partial charge in [0.25, 0.3) is 0 Å². The SMILES string of the molecule is CCOc1ccc(N=C2S[C@@H](Cc3ccc(OC)c(Br)c3)C(=O)N2CC)cc1.